The third-order valence-corrected chi connectivity index (χ3v) is 5.60. The van der Waals surface area contributed by atoms with Crippen LogP contribution in [-0.4, -0.2) is 38.6 Å². The third-order valence-electron chi connectivity index (χ3n) is 4.38. The maximum Gasteiger partial charge on any atom is 0.127 e. The number of thioether (sulfide) groups is 1. The lowest BCUT2D eigenvalue weighted by molar-refractivity contribution is -0.102. The monoisotopic (exact) mass is 283 g/mol. The molecule has 0 amide bonds. The van der Waals surface area contributed by atoms with Gasteiger partial charge in [0.05, 0.1) is 17.9 Å². The van der Waals surface area contributed by atoms with Crippen molar-refractivity contribution < 1.29 is 9.84 Å². The molecule has 0 saturated carbocycles. The van der Waals surface area contributed by atoms with Gasteiger partial charge in [0, 0.05) is 25.0 Å². The number of nitrogens with zero attached hydrogens (tertiary/aromatic N) is 2. The minimum Gasteiger partial charge on any atom is -0.388 e. The zero-order chi connectivity index (χ0) is 13.5. The van der Waals surface area contributed by atoms with Gasteiger partial charge in [-0.05, 0) is 30.9 Å². The summed E-state index contributed by atoms with van der Waals surface area (Å²) in [4.78, 5) is 0. The highest BCUT2D eigenvalue weighted by Gasteiger charge is 2.42. The van der Waals surface area contributed by atoms with Gasteiger partial charge in [-0.1, -0.05) is 0 Å². The first kappa shape index (κ1) is 13.3. The van der Waals surface area contributed by atoms with E-state index in [0.29, 0.717) is 5.82 Å². The van der Waals surface area contributed by atoms with Crippen molar-refractivity contribution in [3.63, 3.8) is 0 Å². The van der Waals surface area contributed by atoms with Crippen molar-refractivity contribution in [2.45, 2.75) is 31.0 Å². The van der Waals surface area contributed by atoms with Crippen molar-refractivity contribution in [1.29, 1.82) is 0 Å². The fourth-order valence-corrected chi connectivity index (χ4v) is 4.52. The van der Waals surface area contributed by atoms with E-state index in [1.54, 1.807) is 17.9 Å². The maximum absolute atomic E-state index is 10.6. The van der Waals surface area contributed by atoms with Gasteiger partial charge in [-0.25, -0.2) is 0 Å². The molecule has 1 aromatic heterocycles. The SMILES string of the molecule is Cn1ncc(C(O)C2CCOC3(CCSC3)C2)c1N. The van der Waals surface area contributed by atoms with E-state index >= 15 is 0 Å². The largest absolute Gasteiger partial charge is 0.388 e. The Morgan fingerprint density at radius 2 is 2.53 bits per heavy atom. The van der Waals surface area contributed by atoms with Crippen LogP contribution in [-0.2, 0) is 11.8 Å². The van der Waals surface area contributed by atoms with Gasteiger partial charge in [0.25, 0.3) is 0 Å². The molecule has 3 heterocycles. The Labute approximate surface area is 117 Å². The van der Waals surface area contributed by atoms with Crippen molar-refractivity contribution in [2.24, 2.45) is 13.0 Å². The Kier molecular flexibility index (Phi) is 3.49. The maximum atomic E-state index is 10.6. The molecule has 3 atom stereocenters. The highest BCUT2D eigenvalue weighted by molar-refractivity contribution is 7.99. The summed E-state index contributed by atoms with van der Waals surface area (Å²) in [5, 5.41) is 14.7. The van der Waals surface area contributed by atoms with Crippen LogP contribution in [0, 0.1) is 5.92 Å². The van der Waals surface area contributed by atoms with Gasteiger partial charge in [0.15, 0.2) is 0 Å². The molecular weight excluding hydrogens is 262 g/mol. The summed E-state index contributed by atoms with van der Waals surface area (Å²) < 4.78 is 7.60. The van der Waals surface area contributed by atoms with Crippen LogP contribution < -0.4 is 5.73 Å². The quantitative estimate of drug-likeness (QED) is 0.857. The van der Waals surface area contributed by atoms with E-state index in [-0.39, 0.29) is 11.5 Å². The normalized spacial score (nSPS) is 32.8. The molecule has 1 spiro atoms. The van der Waals surface area contributed by atoms with Crippen LogP contribution in [0.2, 0.25) is 0 Å². The summed E-state index contributed by atoms with van der Waals surface area (Å²) >= 11 is 1.95. The van der Waals surface area contributed by atoms with E-state index in [1.165, 1.54) is 0 Å². The number of nitrogens with two attached hydrogens (primary N) is 1. The molecule has 2 saturated heterocycles. The van der Waals surface area contributed by atoms with Crippen LogP contribution in [0.25, 0.3) is 0 Å². The average molecular weight is 283 g/mol. The summed E-state index contributed by atoms with van der Waals surface area (Å²) in [6.07, 6.45) is 4.08. The number of aryl methyl sites for hydroxylation is 1. The summed E-state index contributed by atoms with van der Waals surface area (Å²) in [5.74, 6) is 3.00. The Morgan fingerprint density at radius 3 is 3.16 bits per heavy atom. The molecule has 3 unspecified atom stereocenters. The number of aliphatic hydroxyl groups excluding tert-OH is 1. The highest BCUT2D eigenvalue weighted by Crippen LogP contribution is 2.44. The van der Waals surface area contributed by atoms with E-state index < -0.39 is 6.10 Å². The molecule has 0 radical (unpaired) electrons. The van der Waals surface area contributed by atoms with Crippen LogP contribution in [0.5, 0.6) is 0 Å². The van der Waals surface area contributed by atoms with Crippen molar-refractivity contribution in [3.8, 4) is 0 Å². The molecule has 0 aliphatic carbocycles. The standard InChI is InChI=1S/C13H21N3O2S/c1-16-12(14)10(7-15-16)11(17)9-2-4-18-13(6-9)3-5-19-8-13/h7,9,11,17H,2-6,8,14H2,1H3. The minimum atomic E-state index is -0.528. The third kappa shape index (κ3) is 2.37. The second-order valence-electron chi connectivity index (χ2n) is 5.64. The van der Waals surface area contributed by atoms with E-state index in [9.17, 15) is 5.11 Å². The lowest BCUT2D eigenvalue weighted by Gasteiger charge is -2.39. The Hall–Kier alpha value is -0.720. The van der Waals surface area contributed by atoms with Gasteiger partial charge >= 0.3 is 0 Å². The number of hydrogen-bond donors (Lipinski definition) is 2. The van der Waals surface area contributed by atoms with Crippen molar-refractivity contribution in [1.82, 2.24) is 9.78 Å². The van der Waals surface area contributed by atoms with Crippen molar-refractivity contribution >= 4 is 17.6 Å². The molecule has 6 heteroatoms. The molecule has 3 rings (SSSR count). The van der Waals surface area contributed by atoms with E-state index in [0.717, 1.165) is 42.9 Å². The molecule has 0 bridgehead atoms. The lowest BCUT2D eigenvalue weighted by Crippen LogP contribution is -2.41. The molecular formula is C13H21N3O2S. The Bertz CT molecular complexity index is 457. The summed E-state index contributed by atoms with van der Waals surface area (Å²) in [6, 6.07) is 0. The molecule has 0 aromatic carbocycles. The Morgan fingerprint density at radius 1 is 1.68 bits per heavy atom. The van der Waals surface area contributed by atoms with Crippen LogP contribution in [0.4, 0.5) is 5.82 Å². The van der Waals surface area contributed by atoms with Gasteiger partial charge in [0.1, 0.15) is 5.82 Å². The zero-order valence-electron chi connectivity index (χ0n) is 11.2. The molecule has 106 valence electrons. The van der Waals surface area contributed by atoms with E-state index in [2.05, 4.69) is 5.10 Å². The predicted molar refractivity (Wildman–Crippen MR) is 75.9 cm³/mol. The molecule has 1 aromatic rings. The van der Waals surface area contributed by atoms with Crippen molar-refractivity contribution in [2.75, 3.05) is 23.8 Å². The fourth-order valence-electron chi connectivity index (χ4n) is 3.14. The first-order chi connectivity index (χ1) is 9.11. The minimum absolute atomic E-state index is 0.00840. The first-order valence-electron chi connectivity index (χ1n) is 6.78. The highest BCUT2D eigenvalue weighted by atomic mass is 32.2. The molecule has 3 N–H and O–H groups in total. The topological polar surface area (TPSA) is 73.3 Å². The lowest BCUT2D eigenvalue weighted by atomic mass is 9.81. The molecule has 2 aliphatic rings. The number of aliphatic hydroxyl groups is 1. The molecule has 19 heavy (non-hydrogen) atoms. The fraction of sp³-hybridized carbons (Fsp3) is 0.769. The van der Waals surface area contributed by atoms with Crippen LogP contribution in [0.1, 0.15) is 30.9 Å². The number of hydrogen-bond acceptors (Lipinski definition) is 5. The van der Waals surface area contributed by atoms with Gasteiger partial charge in [-0.2, -0.15) is 16.9 Å². The van der Waals surface area contributed by atoms with E-state index in [4.69, 9.17) is 10.5 Å². The van der Waals surface area contributed by atoms with Gasteiger partial charge in [0.2, 0.25) is 0 Å². The number of anilines is 1. The van der Waals surface area contributed by atoms with Crippen molar-refractivity contribution in [3.05, 3.63) is 11.8 Å². The van der Waals surface area contributed by atoms with Gasteiger partial charge in [-0.15, -0.1) is 0 Å². The molecule has 2 aliphatic heterocycles. The van der Waals surface area contributed by atoms with Crippen LogP contribution in [0.3, 0.4) is 0 Å². The number of nitrogen functional groups attached to an aromatic ring is 1. The predicted octanol–water partition coefficient (Wildman–Crippen LogP) is 1.34. The average Bonchev–Trinajstić information content (AvgIpc) is 2.98. The second-order valence-corrected chi connectivity index (χ2v) is 6.75. The zero-order valence-corrected chi connectivity index (χ0v) is 12.0. The second kappa shape index (κ2) is 5.00. The number of aromatic nitrogens is 2. The summed E-state index contributed by atoms with van der Waals surface area (Å²) in [6.45, 7) is 0.739. The van der Waals surface area contributed by atoms with Gasteiger partial charge < -0.3 is 15.6 Å². The molecule has 5 nitrogen and oxygen atoms in total. The molecule has 2 fully saturated rings. The first-order valence-corrected chi connectivity index (χ1v) is 7.94. The number of rotatable bonds is 2. The Balaban J connectivity index is 1.76. The van der Waals surface area contributed by atoms with E-state index in [1.807, 2.05) is 11.8 Å². The van der Waals surface area contributed by atoms with Crippen LogP contribution >= 0.6 is 11.8 Å². The smallest absolute Gasteiger partial charge is 0.127 e. The summed E-state index contributed by atoms with van der Waals surface area (Å²) in [5.41, 5.74) is 6.71. The van der Waals surface area contributed by atoms with Gasteiger partial charge in [-0.3, -0.25) is 4.68 Å². The van der Waals surface area contributed by atoms with Crippen LogP contribution in [0.15, 0.2) is 6.20 Å². The summed E-state index contributed by atoms with van der Waals surface area (Å²) in [7, 11) is 1.80. The number of ether oxygens (including phenoxy) is 1.